The second kappa shape index (κ2) is 4.42. The lowest BCUT2D eigenvalue weighted by molar-refractivity contribution is 0.372. The highest BCUT2D eigenvalue weighted by atomic mass is 19.1. The van der Waals surface area contributed by atoms with Gasteiger partial charge in [-0.05, 0) is 38.6 Å². The number of rotatable bonds is 3. The van der Waals surface area contributed by atoms with E-state index in [0.29, 0.717) is 5.56 Å². The Morgan fingerprint density at radius 2 is 2.00 bits per heavy atom. The summed E-state index contributed by atoms with van der Waals surface area (Å²) in [6.07, 6.45) is -1.00. The van der Waals surface area contributed by atoms with Crippen LogP contribution in [0.15, 0.2) is 18.2 Å². The summed E-state index contributed by atoms with van der Waals surface area (Å²) < 4.78 is 13.0. The highest BCUT2D eigenvalue weighted by Crippen LogP contribution is 2.28. The predicted molar refractivity (Wildman–Crippen MR) is 55.1 cm³/mol. The number of hydrogen-bond donors (Lipinski definition) is 2. The van der Waals surface area contributed by atoms with E-state index in [9.17, 15) is 9.50 Å². The van der Waals surface area contributed by atoms with Crippen molar-refractivity contribution < 1.29 is 9.50 Å². The summed E-state index contributed by atoms with van der Waals surface area (Å²) in [7, 11) is 1.80. The van der Waals surface area contributed by atoms with Crippen LogP contribution >= 0.6 is 0 Å². The Bertz CT molecular complexity index is 312. The first kappa shape index (κ1) is 11.0. The first-order chi connectivity index (χ1) is 6.56. The van der Waals surface area contributed by atoms with Gasteiger partial charge in [-0.2, -0.15) is 0 Å². The number of alkyl halides is 1. The third-order valence-corrected chi connectivity index (χ3v) is 2.41. The molecule has 78 valence electrons. The molecule has 0 aliphatic rings. The van der Waals surface area contributed by atoms with Crippen molar-refractivity contribution in [2.75, 3.05) is 7.05 Å². The normalized spacial score (nSPS) is 15.1. The number of phenolic OH excluding ortho intramolecular Hbond substituents is 1. The largest absolute Gasteiger partial charge is 0.508 e. The van der Waals surface area contributed by atoms with E-state index in [-0.39, 0.29) is 11.8 Å². The van der Waals surface area contributed by atoms with Gasteiger partial charge in [0, 0.05) is 11.6 Å². The number of benzene rings is 1. The van der Waals surface area contributed by atoms with E-state index in [1.54, 1.807) is 19.2 Å². The fourth-order valence-electron chi connectivity index (χ4n) is 1.32. The Kier molecular flexibility index (Phi) is 3.47. The molecule has 0 fully saturated rings. The highest BCUT2D eigenvalue weighted by Gasteiger charge is 2.11. The molecule has 0 heterocycles. The summed E-state index contributed by atoms with van der Waals surface area (Å²) in [4.78, 5) is 0. The maximum atomic E-state index is 13.0. The van der Waals surface area contributed by atoms with Crippen molar-refractivity contribution >= 4 is 0 Å². The maximum Gasteiger partial charge on any atom is 0.122 e. The van der Waals surface area contributed by atoms with Gasteiger partial charge in [-0.1, -0.05) is 6.07 Å². The fourth-order valence-corrected chi connectivity index (χ4v) is 1.32. The van der Waals surface area contributed by atoms with Crippen molar-refractivity contribution in [1.29, 1.82) is 0 Å². The van der Waals surface area contributed by atoms with Gasteiger partial charge in [-0.3, -0.25) is 0 Å². The summed E-state index contributed by atoms with van der Waals surface area (Å²) in [6.45, 7) is 3.40. The molecule has 0 bridgehead atoms. The van der Waals surface area contributed by atoms with Gasteiger partial charge in [0.25, 0.3) is 0 Å². The molecule has 2 N–H and O–H groups in total. The molecule has 1 rings (SSSR count). The lowest BCUT2D eigenvalue weighted by Crippen LogP contribution is -2.12. The number of halogens is 1. The molecule has 0 aromatic heterocycles. The van der Waals surface area contributed by atoms with Gasteiger partial charge < -0.3 is 10.4 Å². The third kappa shape index (κ3) is 2.23. The van der Waals surface area contributed by atoms with Crippen LogP contribution in [0.4, 0.5) is 4.39 Å². The van der Waals surface area contributed by atoms with Crippen LogP contribution in [0.5, 0.6) is 5.75 Å². The van der Waals surface area contributed by atoms with Crippen LogP contribution in [0, 0.1) is 0 Å². The Morgan fingerprint density at radius 3 is 2.50 bits per heavy atom. The van der Waals surface area contributed by atoms with Gasteiger partial charge in [0.05, 0.1) is 0 Å². The fraction of sp³-hybridized carbons (Fsp3) is 0.455. The van der Waals surface area contributed by atoms with E-state index in [1.165, 1.54) is 13.0 Å². The number of hydrogen-bond acceptors (Lipinski definition) is 2. The van der Waals surface area contributed by atoms with Crippen LogP contribution < -0.4 is 5.32 Å². The molecule has 3 heteroatoms. The van der Waals surface area contributed by atoms with Gasteiger partial charge in [-0.25, -0.2) is 4.39 Å². The number of nitrogens with one attached hydrogen (secondary N) is 1. The zero-order chi connectivity index (χ0) is 10.7. The Morgan fingerprint density at radius 1 is 1.36 bits per heavy atom. The Labute approximate surface area is 83.8 Å². The van der Waals surface area contributed by atoms with Crippen LogP contribution in [0.3, 0.4) is 0 Å². The average Bonchev–Trinajstić information content (AvgIpc) is 2.17. The zero-order valence-electron chi connectivity index (χ0n) is 8.71. The van der Waals surface area contributed by atoms with Crippen LogP contribution in [0.2, 0.25) is 0 Å². The topological polar surface area (TPSA) is 32.3 Å². The van der Waals surface area contributed by atoms with Gasteiger partial charge >= 0.3 is 0 Å². The monoisotopic (exact) mass is 197 g/mol. The summed E-state index contributed by atoms with van der Waals surface area (Å²) >= 11 is 0. The minimum atomic E-state index is -1.00. The molecule has 0 radical (unpaired) electrons. The van der Waals surface area contributed by atoms with Crippen molar-refractivity contribution in [3.63, 3.8) is 0 Å². The molecule has 0 saturated heterocycles. The van der Waals surface area contributed by atoms with Gasteiger partial charge in [0.1, 0.15) is 11.9 Å². The van der Waals surface area contributed by atoms with Crippen molar-refractivity contribution in [2.24, 2.45) is 0 Å². The molecular weight excluding hydrogens is 181 g/mol. The van der Waals surface area contributed by atoms with Crippen molar-refractivity contribution in [3.8, 4) is 5.75 Å². The molecular formula is C11H16FNO. The van der Waals surface area contributed by atoms with E-state index >= 15 is 0 Å². The quantitative estimate of drug-likeness (QED) is 0.780. The predicted octanol–water partition coefficient (Wildman–Crippen LogP) is 2.70. The highest BCUT2D eigenvalue weighted by molar-refractivity contribution is 5.38. The average molecular weight is 197 g/mol. The van der Waals surface area contributed by atoms with E-state index in [1.807, 2.05) is 6.92 Å². The molecule has 2 unspecified atom stereocenters. The standard InChI is InChI=1S/C11H16FNO/c1-7(12)9-4-5-11(14)10(6-9)8(2)13-3/h4-8,13-14H,1-3H3. The summed E-state index contributed by atoms with van der Waals surface area (Å²) in [6, 6.07) is 4.86. The van der Waals surface area contributed by atoms with Crippen LogP contribution in [0.25, 0.3) is 0 Å². The SMILES string of the molecule is CNC(C)c1cc(C(C)F)ccc1O. The molecule has 0 spiro atoms. The molecule has 1 aromatic carbocycles. The minimum absolute atomic E-state index is 0.0219. The molecule has 0 amide bonds. The third-order valence-electron chi connectivity index (χ3n) is 2.41. The lowest BCUT2D eigenvalue weighted by Gasteiger charge is -2.14. The molecule has 0 aliphatic carbocycles. The van der Waals surface area contributed by atoms with Crippen LogP contribution in [-0.4, -0.2) is 12.2 Å². The van der Waals surface area contributed by atoms with Gasteiger partial charge in [-0.15, -0.1) is 0 Å². The molecule has 1 aromatic rings. The minimum Gasteiger partial charge on any atom is -0.508 e. The summed E-state index contributed by atoms with van der Waals surface area (Å²) in [5.74, 6) is 0.205. The molecule has 2 atom stereocenters. The summed E-state index contributed by atoms with van der Waals surface area (Å²) in [5.41, 5.74) is 1.33. The Hall–Kier alpha value is -1.09. The number of aromatic hydroxyl groups is 1. The Balaban J connectivity index is 3.08. The van der Waals surface area contributed by atoms with Crippen LogP contribution in [0.1, 0.15) is 37.2 Å². The van der Waals surface area contributed by atoms with Gasteiger partial charge in [0.15, 0.2) is 0 Å². The second-order valence-electron chi connectivity index (χ2n) is 3.44. The van der Waals surface area contributed by atoms with Gasteiger partial charge in [0.2, 0.25) is 0 Å². The first-order valence-corrected chi connectivity index (χ1v) is 4.70. The molecule has 14 heavy (non-hydrogen) atoms. The van der Waals surface area contributed by atoms with Crippen molar-refractivity contribution in [2.45, 2.75) is 26.1 Å². The van der Waals surface area contributed by atoms with E-state index < -0.39 is 6.17 Å². The first-order valence-electron chi connectivity index (χ1n) is 4.70. The molecule has 0 saturated carbocycles. The maximum absolute atomic E-state index is 13.0. The van der Waals surface area contributed by atoms with Crippen molar-refractivity contribution in [1.82, 2.24) is 5.32 Å². The molecule has 2 nitrogen and oxygen atoms in total. The van der Waals surface area contributed by atoms with E-state index in [2.05, 4.69) is 5.32 Å². The van der Waals surface area contributed by atoms with E-state index in [0.717, 1.165) is 5.56 Å². The lowest BCUT2D eigenvalue weighted by atomic mass is 10.0. The second-order valence-corrected chi connectivity index (χ2v) is 3.44. The molecule has 0 aliphatic heterocycles. The zero-order valence-corrected chi connectivity index (χ0v) is 8.71. The van der Waals surface area contributed by atoms with Crippen LogP contribution in [-0.2, 0) is 0 Å². The van der Waals surface area contributed by atoms with E-state index in [4.69, 9.17) is 0 Å². The summed E-state index contributed by atoms with van der Waals surface area (Å²) in [5, 5.41) is 12.6. The number of phenols is 1. The van der Waals surface area contributed by atoms with Crippen molar-refractivity contribution in [3.05, 3.63) is 29.3 Å². The smallest absolute Gasteiger partial charge is 0.122 e.